The molecule has 4 aromatic rings. The fourth-order valence-electron chi connectivity index (χ4n) is 3.63. The van der Waals surface area contributed by atoms with Crippen LogP contribution in [0.2, 0.25) is 0 Å². The van der Waals surface area contributed by atoms with Gasteiger partial charge in [-0.3, -0.25) is 4.79 Å². The van der Waals surface area contributed by atoms with Crippen molar-refractivity contribution >= 4 is 5.91 Å². The number of aliphatic hydroxyl groups is 1. The maximum Gasteiger partial charge on any atom is 0.253 e. The minimum absolute atomic E-state index is 0.0605. The monoisotopic (exact) mass is 483 g/mol. The highest BCUT2D eigenvalue weighted by atomic mass is 16.5. The Morgan fingerprint density at radius 1 is 0.750 bits per heavy atom. The number of aromatic hydroxyl groups is 1. The molecule has 0 radical (unpaired) electrons. The van der Waals surface area contributed by atoms with Crippen molar-refractivity contribution in [3.8, 4) is 17.2 Å². The molecule has 184 valence electrons. The van der Waals surface area contributed by atoms with Crippen LogP contribution in [-0.4, -0.2) is 22.7 Å². The molecule has 3 N–H and O–H groups in total. The number of nitrogens with one attached hydrogen (secondary N) is 1. The van der Waals surface area contributed by atoms with E-state index in [0.29, 0.717) is 43.2 Å². The first-order chi connectivity index (χ1) is 17.6. The molecule has 0 aliphatic carbocycles. The lowest BCUT2D eigenvalue weighted by Crippen LogP contribution is -2.30. The molecule has 0 bridgehead atoms. The van der Waals surface area contributed by atoms with E-state index in [2.05, 4.69) is 5.32 Å². The largest absolute Gasteiger partial charge is 0.504 e. The van der Waals surface area contributed by atoms with Crippen LogP contribution in [0, 0.1) is 0 Å². The third-order valence-electron chi connectivity index (χ3n) is 5.67. The zero-order valence-corrected chi connectivity index (χ0v) is 19.8. The predicted molar refractivity (Wildman–Crippen MR) is 138 cm³/mol. The first kappa shape index (κ1) is 24.8. The molecule has 4 aromatic carbocycles. The molecular formula is C30H29NO5. The van der Waals surface area contributed by atoms with Crippen molar-refractivity contribution in [3.05, 3.63) is 125 Å². The summed E-state index contributed by atoms with van der Waals surface area (Å²) in [4.78, 5) is 12.5. The van der Waals surface area contributed by atoms with E-state index in [0.717, 1.165) is 16.7 Å². The summed E-state index contributed by atoms with van der Waals surface area (Å²) in [6, 6.07) is 31.5. The van der Waals surface area contributed by atoms with E-state index in [1.54, 1.807) is 42.5 Å². The Morgan fingerprint density at radius 2 is 1.36 bits per heavy atom. The molecule has 0 heterocycles. The molecule has 36 heavy (non-hydrogen) atoms. The van der Waals surface area contributed by atoms with Gasteiger partial charge in [-0.15, -0.1) is 0 Å². The standard InChI is InChI=1S/C30H29NO5/c32-27-16-11-22(19-28(27)36-21-24-9-5-2-6-10-24)17-18-31-30(34)29(33)25-12-14-26(15-13-25)35-20-23-7-3-1-4-8-23/h1-16,19,29,32-33H,17-18,20-21H2,(H,31,34). The number of amides is 1. The number of hydrogen-bond acceptors (Lipinski definition) is 5. The molecule has 4 rings (SSSR count). The smallest absolute Gasteiger partial charge is 0.253 e. The van der Waals surface area contributed by atoms with Crippen LogP contribution in [-0.2, 0) is 24.4 Å². The average molecular weight is 484 g/mol. The van der Waals surface area contributed by atoms with E-state index < -0.39 is 12.0 Å². The number of ether oxygens (including phenoxy) is 2. The van der Waals surface area contributed by atoms with Crippen LogP contribution in [0.4, 0.5) is 0 Å². The highest BCUT2D eigenvalue weighted by molar-refractivity contribution is 5.81. The summed E-state index contributed by atoms with van der Waals surface area (Å²) >= 11 is 0. The molecule has 1 atom stereocenters. The molecular weight excluding hydrogens is 454 g/mol. The fourth-order valence-corrected chi connectivity index (χ4v) is 3.63. The predicted octanol–water partition coefficient (Wildman–Crippen LogP) is 4.94. The van der Waals surface area contributed by atoms with Gasteiger partial charge in [0.1, 0.15) is 19.0 Å². The fraction of sp³-hybridized carbons (Fsp3) is 0.167. The quantitative estimate of drug-likeness (QED) is 0.281. The molecule has 0 aliphatic heterocycles. The highest BCUT2D eigenvalue weighted by Gasteiger charge is 2.17. The molecule has 0 saturated heterocycles. The molecule has 0 fully saturated rings. The second-order valence-corrected chi connectivity index (χ2v) is 8.36. The van der Waals surface area contributed by atoms with Crippen LogP contribution in [0.15, 0.2) is 103 Å². The number of rotatable bonds is 11. The first-order valence-corrected chi connectivity index (χ1v) is 11.8. The third-order valence-corrected chi connectivity index (χ3v) is 5.67. The second-order valence-electron chi connectivity index (χ2n) is 8.36. The topological polar surface area (TPSA) is 88.0 Å². The van der Waals surface area contributed by atoms with Crippen molar-refractivity contribution in [1.29, 1.82) is 0 Å². The zero-order chi connectivity index (χ0) is 25.2. The Hall–Kier alpha value is -4.29. The van der Waals surface area contributed by atoms with Gasteiger partial charge in [-0.05, 0) is 52.9 Å². The minimum atomic E-state index is -1.28. The van der Waals surface area contributed by atoms with Crippen molar-refractivity contribution in [2.24, 2.45) is 0 Å². The van der Waals surface area contributed by atoms with Crippen LogP contribution < -0.4 is 14.8 Å². The van der Waals surface area contributed by atoms with E-state index in [-0.39, 0.29) is 5.75 Å². The van der Waals surface area contributed by atoms with Gasteiger partial charge in [-0.1, -0.05) is 78.9 Å². The van der Waals surface area contributed by atoms with Crippen LogP contribution in [0.5, 0.6) is 17.2 Å². The van der Waals surface area contributed by atoms with E-state index >= 15 is 0 Å². The average Bonchev–Trinajstić information content (AvgIpc) is 2.93. The lowest BCUT2D eigenvalue weighted by molar-refractivity contribution is -0.129. The Kier molecular flexibility index (Phi) is 8.57. The van der Waals surface area contributed by atoms with E-state index in [9.17, 15) is 15.0 Å². The normalized spacial score (nSPS) is 11.5. The minimum Gasteiger partial charge on any atom is -0.504 e. The number of carbonyl (C=O) groups excluding carboxylic acids is 1. The van der Waals surface area contributed by atoms with Gasteiger partial charge in [0.05, 0.1) is 0 Å². The maximum absolute atomic E-state index is 12.5. The van der Waals surface area contributed by atoms with E-state index in [1.807, 2.05) is 60.7 Å². The summed E-state index contributed by atoms with van der Waals surface area (Å²) in [7, 11) is 0. The molecule has 0 spiro atoms. The summed E-state index contributed by atoms with van der Waals surface area (Å²) in [5.41, 5.74) is 3.44. The van der Waals surface area contributed by atoms with Gasteiger partial charge in [0.15, 0.2) is 17.6 Å². The summed E-state index contributed by atoms with van der Waals surface area (Å²) in [6.07, 6.45) is -0.759. The molecule has 6 nitrogen and oxygen atoms in total. The van der Waals surface area contributed by atoms with E-state index in [1.165, 1.54) is 0 Å². The summed E-state index contributed by atoms with van der Waals surface area (Å²) in [5, 5.41) is 23.3. The molecule has 1 unspecified atom stereocenters. The first-order valence-electron chi connectivity index (χ1n) is 11.8. The van der Waals surface area contributed by atoms with Crippen LogP contribution in [0.25, 0.3) is 0 Å². The van der Waals surface area contributed by atoms with Crippen LogP contribution >= 0.6 is 0 Å². The van der Waals surface area contributed by atoms with Crippen molar-refractivity contribution in [3.63, 3.8) is 0 Å². The lowest BCUT2D eigenvalue weighted by atomic mass is 10.1. The van der Waals surface area contributed by atoms with Crippen molar-refractivity contribution < 1.29 is 24.5 Å². The molecule has 6 heteroatoms. The Morgan fingerprint density at radius 3 is 2.00 bits per heavy atom. The number of benzene rings is 4. The lowest BCUT2D eigenvalue weighted by Gasteiger charge is -2.13. The SMILES string of the molecule is O=C(NCCc1ccc(O)c(OCc2ccccc2)c1)C(O)c1ccc(OCc2ccccc2)cc1. The van der Waals surface area contributed by atoms with E-state index in [4.69, 9.17) is 9.47 Å². The van der Waals surface area contributed by atoms with Gasteiger partial charge < -0.3 is 25.0 Å². The number of carbonyl (C=O) groups is 1. The van der Waals surface area contributed by atoms with Gasteiger partial charge in [-0.2, -0.15) is 0 Å². The van der Waals surface area contributed by atoms with Crippen LogP contribution in [0.1, 0.15) is 28.4 Å². The second kappa shape index (κ2) is 12.4. The van der Waals surface area contributed by atoms with Gasteiger partial charge >= 0.3 is 0 Å². The van der Waals surface area contributed by atoms with Gasteiger partial charge in [0.2, 0.25) is 0 Å². The summed E-state index contributed by atoms with van der Waals surface area (Å²) in [6.45, 7) is 1.12. The number of hydrogen-bond donors (Lipinski definition) is 3. The van der Waals surface area contributed by atoms with Gasteiger partial charge in [0.25, 0.3) is 5.91 Å². The zero-order valence-electron chi connectivity index (χ0n) is 19.8. The molecule has 0 aliphatic rings. The summed E-state index contributed by atoms with van der Waals surface area (Å²) < 4.78 is 11.5. The Bertz CT molecular complexity index is 1240. The Labute approximate surface area is 210 Å². The Balaban J connectivity index is 1.24. The number of phenols is 1. The summed E-state index contributed by atoms with van der Waals surface area (Å²) in [5.74, 6) is 0.628. The maximum atomic E-state index is 12.5. The van der Waals surface area contributed by atoms with Gasteiger partial charge in [-0.25, -0.2) is 0 Å². The van der Waals surface area contributed by atoms with Gasteiger partial charge in [0, 0.05) is 6.54 Å². The third kappa shape index (κ3) is 7.10. The molecule has 1 amide bonds. The molecule has 0 saturated carbocycles. The van der Waals surface area contributed by atoms with Crippen molar-refractivity contribution in [1.82, 2.24) is 5.32 Å². The number of phenolic OH excluding ortho intramolecular Hbond substituents is 1. The van der Waals surface area contributed by atoms with Crippen LogP contribution in [0.3, 0.4) is 0 Å². The van der Waals surface area contributed by atoms with Crippen molar-refractivity contribution in [2.75, 3.05) is 6.54 Å². The molecule has 0 aromatic heterocycles. The number of aliphatic hydroxyl groups excluding tert-OH is 1. The van der Waals surface area contributed by atoms with Crippen molar-refractivity contribution in [2.45, 2.75) is 25.7 Å². The highest BCUT2D eigenvalue weighted by Crippen LogP contribution is 2.28.